The van der Waals surface area contributed by atoms with Crippen molar-refractivity contribution in [3.8, 4) is 0 Å². The van der Waals surface area contributed by atoms with E-state index in [1.807, 2.05) is 18.2 Å². The molecule has 1 aliphatic carbocycles. The SMILES string of the molecule is CC1C=CC=CC(CO)=C1. The Morgan fingerprint density at radius 1 is 1.50 bits per heavy atom. The minimum Gasteiger partial charge on any atom is -0.392 e. The summed E-state index contributed by atoms with van der Waals surface area (Å²) in [5.41, 5.74) is 0.998. The van der Waals surface area contributed by atoms with Crippen LogP contribution in [0.2, 0.25) is 0 Å². The molecule has 0 spiro atoms. The number of hydrogen-bond donors (Lipinski definition) is 1. The van der Waals surface area contributed by atoms with Gasteiger partial charge in [-0.2, -0.15) is 0 Å². The molecule has 1 N–H and O–H groups in total. The summed E-state index contributed by atoms with van der Waals surface area (Å²) in [6.07, 6.45) is 10.0. The summed E-state index contributed by atoms with van der Waals surface area (Å²) < 4.78 is 0. The summed E-state index contributed by atoms with van der Waals surface area (Å²) in [4.78, 5) is 0. The van der Waals surface area contributed by atoms with Crippen molar-refractivity contribution in [2.45, 2.75) is 6.92 Å². The minimum absolute atomic E-state index is 0.141. The molecular weight excluding hydrogens is 124 g/mol. The Morgan fingerprint density at radius 2 is 2.30 bits per heavy atom. The smallest absolute Gasteiger partial charge is 0.0679 e. The fourth-order valence-corrected chi connectivity index (χ4v) is 0.973. The van der Waals surface area contributed by atoms with Gasteiger partial charge in [-0.05, 0) is 11.5 Å². The zero-order chi connectivity index (χ0) is 7.40. The van der Waals surface area contributed by atoms with Crippen LogP contribution in [0.25, 0.3) is 0 Å². The molecule has 1 aliphatic rings. The van der Waals surface area contributed by atoms with Crippen LogP contribution in [0.3, 0.4) is 0 Å². The Balaban J connectivity index is 2.74. The predicted octanol–water partition coefficient (Wildman–Crippen LogP) is 1.67. The second kappa shape index (κ2) is 3.37. The molecule has 0 aromatic carbocycles. The third-order valence-corrected chi connectivity index (χ3v) is 1.50. The Bertz CT molecular complexity index is 187. The molecule has 0 aromatic rings. The van der Waals surface area contributed by atoms with Crippen LogP contribution >= 0.6 is 0 Å². The zero-order valence-corrected chi connectivity index (χ0v) is 6.12. The van der Waals surface area contributed by atoms with E-state index in [1.54, 1.807) is 0 Å². The van der Waals surface area contributed by atoms with Gasteiger partial charge in [-0.1, -0.05) is 37.3 Å². The normalized spacial score (nSPS) is 24.2. The molecular formula is C9H12O. The molecule has 1 nitrogen and oxygen atoms in total. The highest BCUT2D eigenvalue weighted by Crippen LogP contribution is 2.09. The van der Waals surface area contributed by atoms with Crippen LogP contribution in [0.5, 0.6) is 0 Å². The number of aliphatic hydroxyl groups excluding tert-OH is 1. The van der Waals surface area contributed by atoms with Crippen LogP contribution in [0.1, 0.15) is 6.92 Å². The van der Waals surface area contributed by atoms with Crippen LogP contribution in [-0.2, 0) is 0 Å². The van der Waals surface area contributed by atoms with Gasteiger partial charge >= 0.3 is 0 Å². The summed E-state index contributed by atoms with van der Waals surface area (Å²) in [6, 6.07) is 0. The van der Waals surface area contributed by atoms with E-state index < -0.39 is 0 Å². The van der Waals surface area contributed by atoms with Gasteiger partial charge in [0, 0.05) is 0 Å². The maximum atomic E-state index is 8.79. The molecule has 0 radical (unpaired) electrons. The van der Waals surface area contributed by atoms with Gasteiger partial charge in [0.15, 0.2) is 0 Å². The van der Waals surface area contributed by atoms with Crippen molar-refractivity contribution < 1.29 is 5.11 Å². The highest BCUT2D eigenvalue weighted by Gasteiger charge is 1.96. The summed E-state index contributed by atoms with van der Waals surface area (Å²) in [6.45, 7) is 2.24. The van der Waals surface area contributed by atoms with E-state index in [9.17, 15) is 0 Å². The van der Waals surface area contributed by atoms with Crippen molar-refractivity contribution in [1.82, 2.24) is 0 Å². The maximum Gasteiger partial charge on any atom is 0.0679 e. The standard InChI is InChI=1S/C9H12O/c1-8-4-2-3-5-9(6-8)7-10/h2-6,8,10H,7H2,1H3. The molecule has 0 fully saturated rings. The topological polar surface area (TPSA) is 20.2 Å². The fourth-order valence-electron chi connectivity index (χ4n) is 0.973. The molecule has 1 heteroatoms. The quantitative estimate of drug-likeness (QED) is 0.581. The van der Waals surface area contributed by atoms with Crippen LogP contribution < -0.4 is 0 Å². The first-order valence-corrected chi connectivity index (χ1v) is 3.49. The highest BCUT2D eigenvalue weighted by molar-refractivity contribution is 5.27. The average Bonchev–Trinajstić information content (AvgIpc) is 2.13. The Morgan fingerprint density at radius 3 is 3.00 bits per heavy atom. The molecule has 54 valence electrons. The molecule has 0 bridgehead atoms. The van der Waals surface area contributed by atoms with Crippen LogP contribution in [0.4, 0.5) is 0 Å². The minimum atomic E-state index is 0.141. The first-order valence-electron chi connectivity index (χ1n) is 3.49. The third kappa shape index (κ3) is 1.85. The van der Waals surface area contributed by atoms with Gasteiger partial charge in [0.05, 0.1) is 6.61 Å². The lowest BCUT2D eigenvalue weighted by Gasteiger charge is -1.97. The lowest BCUT2D eigenvalue weighted by molar-refractivity contribution is 0.334. The van der Waals surface area contributed by atoms with Crippen LogP contribution in [0, 0.1) is 5.92 Å². The van der Waals surface area contributed by atoms with Gasteiger partial charge < -0.3 is 5.11 Å². The molecule has 1 unspecified atom stereocenters. The van der Waals surface area contributed by atoms with E-state index in [-0.39, 0.29) is 6.61 Å². The number of allylic oxidation sites excluding steroid dienone is 4. The molecule has 0 amide bonds. The molecule has 1 rings (SSSR count). The first-order chi connectivity index (χ1) is 4.83. The van der Waals surface area contributed by atoms with Crippen LogP contribution in [-0.4, -0.2) is 11.7 Å². The van der Waals surface area contributed by atoms with Crippen molar-refractivity contribution >= 4 is 0 Å². The number of aliphatic hydroxyl groups is 1. The summed E-state index contributed by atoms with van der Waals surface area (Å²) >= 11 is 0. The summed E-state index contributed by atoms with van der Waals surface area (Å²) in [5, 5.41) is 8.79. The van der Waals surface area contributed by atoms with Crippen LogP contribution in [0.15, 0.2) is 36.0 Å². The van der Waals surface area contributed by atoms with Crippen molar-refractivity contribution in [3.63, 3.8) is 0 Å². The second-order valence-corrected chi connectivity index (χ2v) is 2.50. The number of hydrogen-bond acceptors (Lipinski definition) is 1. The zero-order valence-electron chi connectivity index (χ0n) is 6.12. The monoisotopic (exact) mass is 136 g/mol. The summed E-state index contributed by atoms with van der Waals surface area (Å²) in [5.74, 6) is 0.442. The van der Waals surface area contributed by atoms with Gasteiger partial charge in [-0.3, -0.25) is 0 Å². The van der Waals surface area contributed by atoms with Gasteiger partial charge in [-0.15, -0.1) is 0 Å². The van der Waals surface area contributed by atoms with Gasteiger partial charge in [0.2, 0.25) is 0 Å². The molecule has 0 aliphatic heterocycles. The van der Waals surface area contributed by atoms with Crippen molar-refractivity contribution in [3.05, 3.63) is 36.0 Å². The third-order valence-electron chi connectivity index (χ3n) is 1.50. The Hall–Kier alpha value is -0.820. The molecule has 0 saturated carbocycles. The fraction of sp³-hybridized carbons (Fsp3) is 0.333. The van der Waals surface area contributed by atoms with Crippen molar-refractivity contribution in [2.75, 3.05) is 6.61 Å². The predicted molar refractivity (Wildman–Crippen MR) is 42.6 cm³/mol. The van der Waals surface area contributed by atoms with Gasteiger partial charge in [-0.25, -0.2) is 0 Å². The summed E-state index contributed by atoms with van der Waals surface area (Å²) in [7, 11) is 0. The van der Waals surface area contributed by atoms with Gasteiger partial charge in [0.1, 0.15) is 0 Å². The van der Waals surface area contributed by atoms with E-state index >= 15 is 0 Å². The van der Waals surface area contributed by atoms with E-state index in [2.05, 4.69) is 19.1 Å². The molecule has 0 saturated heterocycles. The van der Waals surface area contributed by atoms with Crippen molar-refractivity contribution in [1.29, 1.82) is 0 Å². The molecule has 0 aromatic heterocycles. The second-order valence-electron chi connectivity index (χ2n) is 2.50. The van der Waals surface area contributed by atoms with E-state index in [1.165, 1.54) is 0 Å². The molecule has 1 atom stereocenters. The largest absolute Gasteiger partial charge is 0.392 e. The number of rotatable bonds is 1. The Kier molecular flexibility index (Phi) is 2.46. The Labute approximate surface area is 61.4 Å². The van der Waals surface area contributed by atoms with E-state index in [4.69, 9.17) is 5.11 Å². The maximum absolute atomic E-state index is 8.79. The molecule has 0 heterocycles. The average molecular weight is 136 g/mol. The van der Waals surface area contributed by atoms with Gasteiger partial charge in [0.25, 0.3) is 0 Å². The van der Waals surface area contributed by atoms with E-state index in [0.29, 0.717) is 5.92 Å². The highest BCUT2D eigenvalue weighted by atomic mass is 16.3. The molecule has 10 heavy (non-hydrogen) atoms. The van der Waals surface area contributed by atoms with E-state index in [0.717, 1.165) is 5.57 Å². The lowest BCUT2D eigenvalue weighted by atomic mass is 10.1. The van der Waals surface area contributed by atoms with Crippen molar-refractivity contribution in [2.24, 2.45) is 5.92 Å². The first kappa shape index (κ1) is 7.29. The lowest BCUT2D eigenvalue weighted by Crippen LogP contribution is -1.89.